The molecule has 0 spiro atoms. The Labute approximate surface area is 80.9 Å². The van der Waals surface area contributed by atoms with Gasteiger partial charge in [0.25, 0.3) is 0 Å². The Balaban J connectivity index is 0.000000165. The zero-order valence-electron chi connectivity index (χ0n) is 7.57. The van der Waals surface area contributed by atoms with Gasteiger partial charge in [0.15, 0.2) is 0 Å². The van der Waals surface area contributed by atoms with Gasteiger partial charge in [0.2, 0.25) is 0 Å². The summed E-state index contributed by atoms with van der Waals surface area (Å²) >= 11 is 0. The molecule has 0 aliphatic carbocycles. The fourth-order valence-corrected chi connectivity index (χ4v) is 0.795. The average Bonchev–Trinajstić information content (AvgIpc) is 2.17. The lowest BCUT2D eigenvalue weighted by molar-refractivity contribution is -0.0455. The van der Waals surface area contributed by atoms with E-state index in [-0.39, 0.29) is 11.9 Å². The maximum absolute atomic E-state index is 11.6. The van der Waals surface area contributed by atoms with Crippen LogP contribution >= 0.6 is 0 Å². The first-order valence-electron chi connectivity index (χ1n) is 4.24. The molecule has 0 saturated carbocycles. The largest absolute Gasteiger partial charge is 0.363 e. The molecule has 1 aliphatic heterocycles. The van der Waals surface area contributed by atoms with Crippen LogP contribution in [0.5, 0.6) is 0 Å². The van der Waals surface area contributed by atoms with Crippen molar-refractivity contribution < 1.29 is 13.7 Å². The lowest BCUT2D eigenvalue weighted by atomic mass is 10.3. The van der Waals surface area contributed by atoms with Crippen molar-refractivity contribution in [2.45, 2.75) is 12.6 Å². The van der Waals surface area contributed by atoms with E-state index in [2.05, 4.69) is 0 Å². The van der Waals surface area contributed by atoms with Gasteiger partial charge in [0.05, 0.1) is 6.61 Å². The molecule has 1 aromatic rings. The molecule has 2 rings (SSSR count). The molecule has 5 heteroatoms. The van der Waals surface area contributed by atoms with E-state index < -0.39 is 5.34 Å². The second-order valence-electron chi connectivity index (χ2n) is 2.77. The Hall–Kier alpha value is -1.20. The molecule has 1 atom stereocenters. The molecular formula is C9H12F2N2O. The number of benzene rings is 1. The van der Waals surface area contributed by atoms with E-state index in [0.717, 1.165) is 13.0 Å². The summed E-state index contributed by atoms with van der Waals surface area (Å²) in [7, 11) is 0. The predicted molar refractivity (Wildman–Crippen MR) is 49.7 cm³/mol. The van der Waals surface area contributed by atoms with E-state index >= 15 is 0 Å². The third-order valence-corrected chi connectivity index (χ3v) is 1.69. The number of nitrogens with zero attached hydrogens (tertiary/aromatic N) is 1. The maximum atomic E-state index is 11.6. The Kier molecular flexibility index (Phi) is 4.28. The minimum atomic E-state index is -0.917. The van der Waals surface area contributed by atoms with Gasteiger partial charge in [-0.1, -0.05) is 27.2 Å². The summed E-state index contributed by atoms with van der Waals surface area (Å²) in [5, 5.41) is -0.917. The van der Waals surface area contributed by atoms with E-state index in [1.54, 1.807) is 18.2 Å². The number of ether oxygens (including phenoxy) is 1. The van der Waals surface area contributed by atoms with Crippen molar-refractivity contribution in [3.05, 3.63) is 30.3 Å². The summed E-state index contributed by atoms with van der Waals surface area (Å²) in [5.74, 6) is 0. The molecule has 14 heavy (non-hydrogen) atoms. The SMILES string of the molecule is FN(F)c1ccccc1.NC1CCO1. The van der Waals surface area contributed by atoms with Gasteiger partial charge in [0, 0.05) is 6.42 Å². The van der Waals surface area contributed by atoms with Crippen molar-refractivity contribution in [1.82, 2.24) is 0 Å². The molecule has 3 nitrogen and oxygen atoms in total. The number of hydrogen-bond acceptors (Lipinski definition) is 3. The Morgan fingerprint density at radius 1 is 1.29 bits per heavy atom. The molecule has 0 bridgehead atoms. The van der Waals surface area contributed by atoms with Crippen molar-refractivity contribution in [3.8, 4) is 0 Å². The first kappa shape index (κ1) is 10.9. The fraction of sp³-hybridized carbons (Fsp3) is 0.333. The maximum Gasteiger partial charge on any atom is 0.107 e. The normalized spacial score (nSPS) is 18.9. The van der Waals surface area contributed by atoms with E-state index in [1.807, 2.05) is 0 Å². The van der Waals surface area contributed by atoms with Crippen molar-refractivity contribution >= 4 is 5.69 Å². The number of hydrogen-bond donors (Lipinski definition) is 1. The summed E-state index contributed by atoms with van der Waals surface area (Å²) in [6, 6.07) is 7.47. The number of anilines is 1. The molecule has 1 aromatic carbocycles. The summed E-state index contributed by atoms with van der Waals surface area (Å²) in [6.07, 6.45) is 1.11. The highest BCUT2D eigenvalue weighted by atomic mass is 19.4. The van der Waals surface area contributed by atoms with Crippen molar-refractivity contribution in [3.63, 3.8) is 0 Å². The van der Waals surface area contributed by atoms with Gasteiger partial charge in [-0.05, 0) is 17.5 Å². The highest BCUT2D eigenvalue weighted by Gasteiger charge is 2.10. The van der Waals surface area contributed by atoms with Crippen molar-refractivity contribution in [2.24, 2.45) is 5.73 Å². The Morgan fingerprint density at radius 2 is 1.79 bits per heavy atom. The minimum Gasteiger partial charge on any atom is -0.363 e. The van der Waals surface area contributed by atoms with Crippen LogP contribution in [0.15, 0.2) is 30.3 Å². The summed E-state index contributed by atoms with van der Waals surface area (Å²) in [5.41, 5.74) is 5.07. The van der Waals surface area contributed by atoms with Crippen LogP contribution in [0.1, 0.15) is 6.42 Å². The molecule has 2 N–H and O–H groups in total. The molecule has 78 valence electrons. The van der Waals surface area contributed by atoms with E-state index in [9.17, 15) is 8.96 Å². The van der Waals surface area contributed by atoms with E-state index in [4.69, 9.17) is 10.5 Å². The van der Waals surface area contributed by atoms with Crippen LogP contribution in [0, 0.1) is 0 Å². The Morgan fingerprint density at radius 3 is 2.00 bits per heavy atom. The minimum absolute atomic E-state index is 0.0648. The predicted octanol–water partition coefficient (Wildman–Crippen LogP) is 1.95. The monoisotopic (exact) mass is 202 g/mol. The van der Waals surface area contributed by atoms with Crippen LogP contribution in [0.25, 0.3) is 0 Å². The van der Waals surface area contributed by atoms with Crippen LogP contribution in [-0.2, 0) is 4.74 Å². The highest BCUT2D eigenvalue weighted by Crippen LogP contribution is 2.12. The van der Waals surface area contributed by atoms with Crippen LogP contribution in [0.3, 0.4) is 0 Å². The summed E-state index contributed by atoms with van der Waals surface area (Å²) in [6.45, 7) is 0.862. The smallest absolute Gasteiger partial charge is 0.107 e. The second kappa shape index (κ2) is 5.51. The van der Waals surface area contributed by atoms with Crippen LogP contribution in [-0.4, -0.2) is 12.8 Å². The zero-order chi connectivity index (χ0) is 10.4. The van der Waals surface area contributed by atoms with Crippen molar-refractivity contribution in [2.75, 3.05) is 12.0 Å². The zero-order valence-corrected chi connectivity index (χ0v) is 7.57. The first-order valence-corrected chi connectivity index (χ1v) is 4.24. The molecule has 1 unspecified atom stereocenters. The number of nitrogens with two attached hydrogens (primary N) is 1. The average molecular weight is 202 g/mol. The molecule has 0 amide bonds. The number of rotatable bonds is 1. The van der Waals surface area contributed by atoms with Gasteiger partial charge in [-0.3, -0.25) is 0 Å². The molecule has 1 fully saturated rings. The molecule has 0 aromatic heterocycles. The second-order valence-corrected chi connectivity index (χ2v) is 2.77. The summed E-state index contributed by atoms with van der Waals surface area (Å²) < 4.78 is 27.9. The van der Waals surface area contributed by atoms with E-state index in [1.165, 1.54) is 12.1 Å². The molecule has 1 saturated heterocycles. The van der Waals surface area contributed by atoms with Gasteiger partial charge in [-0.25, -0.2) is 0 Å². The quantitative estimate of drug-likeness (QED) is 0.707. The van der Waals surface area contributed by atoms with E-state index in [0.29, 0.717) is 0 Å². The van der Waals surface area contributed by atoms with Gasteiger partial charge in [0.1, 0.15) is 11.9 Å². The lowest BCUT2D eigenvalue weighted by Gasteiger charge is -2.20. The van der Waals surface area contributed by atoms with Gasteiger partial charge < -0.3 is 10.5 Å². The molecule has 1 aliphatic rings. The van der Waals surface area contributed by atoms with Crippen LogP contribution < -0.4 is 11.1 Å². The molecule has 1 heterocycles. The van der Waals surface area contributed by atoms with Crippen LogP contribution in [0.4, 0.5) is 14.6 Å². The third-order valence-electron chi connectivity index (χ3n) is 1.69. The number of para-hydroxylation sites is 1. The van der Waals surface area contributed by atoms with Crippen molar-refractivity contribution in [1.29, 1.82) is 0 Å². The first-order chi connectivity index (χ1) is 6.70. The standard InChI is InChI=1S/C6H5F2N.C3H7NO/c7-9(8)6-4-2-1-3-5-6;4-3-1-2-5-3/h1-5H;3H,1-2,4H2. The van der Waals surface area contributed by atoms with Gasteiger partial charge in [-0.2, -0.15) is 0 Å². The third kappa shape index (κ3) is 3.68. The van der Waals surface area contributed by atoms with Gasteiger partial charge >= 0.3 is 0 Å². The molecular weight excluding hydrogens is 190 g/mol. The van der Waals surface area contributed by atoms with Crippen LogP contribution in [0.2, 0.25) is 0 Å². The lowest BCUT2D eigenvalue weighted by Crippen LogP contribution is -2.34. The Bertz CT molecular complexity index is 252. The van der Waals surface area contributed by atoms with Gasteiger partial charge in [-0.15, -0.1) is 0 Å². The highest BCUT2D eigenvalue weighted by molar-refractivity contribution is 5.40. The topological polar surface area (TPSA) is 38.5 Å². The fourth-order valence-electron chi connectivity index (χ4n) is 0.795. The molecule has 0 radical (unpaired) electrons. The number of halogens is 2. The summed E-state index contributed by atoms with van der Waals surface area (Å²) in [4.78, 5) is 0.